The number of nitrogens with zero attached hydrogens (tertiary/aromatic N) is 1. The summed E-state index contributed by atoms with van der Waals surface area (Å²) < 4.78 is 12.7. The number of hydrogen-bond donors (Lipinski definition) is 1. The Morgan fingerprint density at radius 2 is 1.95 bits per heavy atom. The lowest BCUT2D eigenvalue weighted by Gasteiger charge is -2.06. The summed E-state index contributed by atoms with van der Waals surface area (Å²) in [4.78, 5) is 11.9. The van der Waals surface area contributed by atoms with Crippen molar-refractivity contribution in [2.75, 3.05) is 11.9 Å². The Bertz CT molecular complexity index is 644. The molecule has 20 heavy (non-hydrogen) atoms. The molecule has 100 valence electrons. The molecule has 0 bridgehead atoms. The minimum absolute atomic E-state index is 0.0473. The van der Waals surface area contributed by atoms with Gasteiger partial charge in [0.1, 0.15) is 5.82 Å². The van der Waals surface area contributed by atoms with E-state index in [4.69, 9.17) is 5.26 Å². The van der Waals surface area contributed by atoms with E-state index >= 15 is 0 Å². The molecule has 0 heterocycles. The van der Waals surface area contributed by atoms with Crippen LogP contribution in [0.2, 0.25) is 0 Å². The topological polar surface area (TPSA) is 52.9 Å². The first-order valence-corrected chi connectivity index (χ1v) is 6.22. The maximum atomic E-state index is 12.7. The van der Waals surface area contributed by atoms with Gasteiger partial charge < -0.3 is 5.32 Å². The summed E-state index contributed by atoms with van der Waals surface area (Å²) >= 11 is 0. The number of carbonyl (C=O) groups is 1. The molecule has 2 rings (SSSR count). The second-order valence-electron chi connectivity index (χ2n) is 4.30. The molecule has 0 spiro atoms. The molecule has 4 heteroatoms. The van der Waals surface area contributed by atoms with E-state index in [2.05, 4.69) is 11.4 Å². The fourth-order valence-corrected chi connectivity index (χ4v) is 1.80. The van der Waals surface area contributed by atoms with E-state index in [1.54, 1.807) is 18.2 Å². The summed E-state index contributed by atoms with van der Waals surface area (Å²) in [5.41, 5.74) is 1.87. The zero-order valence-corrected chi connectivity index (χ0v) is 10.8. The van der Waals surface area contributed by atoms with Gasteiger partial charge in [0.05, 0.1) is 11.6 Å². The van der Waals surface area contributed by atoms with Gasteiger partial charge in [-0.25, -0.2) is 4.39 Å². The Morgan fingerprint density at radius 3 is 2.65 bits per heavy atom. The molecule has 0 fully saturated rings. The van der Waals surface area contributed by atoms with Gasteiger partial charge >= 0.3 is 0 Å². The van der Waals surface area contributed by atoms with Crippen LogP contribution in [0, 0.1) is 17.1 Å². The van der Waals surface area contributed by atoms with E-state index in [0.29, 0.717) is 24.1 Å². The van der Waals surface area contributed by atoms with Gasteiger partial charge in [0.2, 0.25) is 0 Å². The molecular weight excluding hydrogens is 255 g/mol. The van der Waals surface area contributed by atoms with Crippen LogP contribution in [-0.2, 0) is 0 Å². The average Bonchev–Trinajstić information content (AvgIpc) is 2.48. The van der Waals surface area contributed by atoms with Crippen molar-refractivity contribution in [1.82, 2.24) is 0 Å². The van der Waals surface area contributed by atoms with Crippen molar-refractivity contribution in [3.8, 4) is 6.07 Å². The number of anilines is 1. The molecule has 0 saturated heterocycles. The second-order valence-corrected chi connectivity index (χ2v) is 4.30. The molecule has 2 aromatic rings. The Morgan fingerprint density at radius 1 is 1.20 bits per heavy atom. The lowest BCUT2D eigenvalue weighted by atomic mass is 10.1. The van der Waals surface area contributed by atoms with Gasteiger partial charge in [-0.1, -0.05) is 6.07 Å². The van der Waals surface area contributed by atoms with Crippen LogP contribution in [0.25, 0.3) is 0 Å². The zero-order chi connectivity index (χ0) is 14.4. The third kappa shape index (κ3) is 3.66. The molecule has 0 aliphatic heterocycles. The molecule has 2 aromatic carbocycles. The largest absolute Gasteiger partial charge is 0.385 e. The quantitative estimate of drug-likeness (QED) is 0.846. The molecule has 0 unspecified atom stereocenters. The summed E-state index contributed by atoms with van der Waals surface area (Å²) in [7, 11) is 0. The number of ketones is 1. The highest BCUT2D eigenvalue weighted by Gasteiger charge is 2.05. The van der Waals surface area contributed by atoms with E-state index in [1.807, 2.05) is 6.07 Å². The predicted molar refractivity (Wildman–Crippen MR) is 75.0 cm³/mol. The Hall–Kier alpha value is -2.67. The highest BCUT2D eigenvalue weighted by atomic mass is 19.1. The highest BCUT2D eigenvalue weighted by molar-refractivity contribution is 5.96. The van der Waals surface area contributed by atoms with Crippen molar-refractivity contribution in [3.05, 3.63) is 65.5 Å². The molecule has 0 atom stereocenters. The van der Waals surface area contributed by atoms with Gasteiger partial charge in [0.15, 0.2) is 5.78 Å². The van der Waals surface area contributed by atoms with Crippen LogP contribution in [0.1, 0.15) is 22.3 Å². The van der Waals surface area contributed by atoms with Crippen LogP contribution in [0.4, 0.5) is 10.1 Å². The van der Waals surface area contributed by atoms with E-state index in [0.717, 1.165) is 5.69 Å². The smallest absolute Gasteiger partial charge is 0.164 e. The standard InChI is InChI=1S/C16H13FN2O/c17-14-6-4-13(5-7-14)16(20)8-9-19-15-3-1-2-12(10-15)11-18/h1-7,10,19H,8-9H2. The van der Waals surface area contributed by atoms with Crippen molar-refractivity contribution in [1.29, 1.82) is 5.26 Å². The van der Waals surface area contributed by atoms with E-state index < -0.39 is 0 Å². The molecule has 0 aliphatic rings. The van der Waals surface area contributed by atoms with Gasteiger partial charge in [-0.3, -0.25) is 4.79 Å². The van der Waals surface area contributed by atoms with Gasteiger partial charge in [-0.05, 0) is 42.5 Å². The molecule has 0 aromatic heterocycles. The summed E-state index contributed by atoms with van der Waals surface area (Å²) in [5.74, 6) is -0.401. The molecule has 0 radical (unpaired) electrons. The van der Waals surface area contributed by atoms with Gasteiger partial charge in [-0.2, -0.15) is 5.26 Å². The van der Waals surface area contributed by atoms with Crippen molar-refractivity contribution in [2.24, 2.45) is 0 Å². The molecule has 0 aliphatic carbocycles. The summed E-state index contributed by atoms with van der Waals surface area (Å²) in [5, 5.41) is 11.9. The Labute approximate surface area is 116 Å². The van der Waals surface area contributed by atoms with Crippen LogP contribution < -0.4 is 5.32 Å². The highest BCUT2D eigenvalue weighted by Crippen LogP contribution is 2.10. The van der Waals surface area contributed by atoms with Crippen LogP contribution in [0.3, 0.4) is 0 Å². The second kappa shape index (κ2) is 6.48. The fourth-order valence-electron chi connectivity index (χ4n) is 1.80. The van der Waals surface area contributed by atoms with E-state index in [9.17, 15) is 9.18 Å². The third-order valence-corrected chi connectivity index (χ3v) is 2.84. The number of nitrogens with one attached hydrogen (secondary N) is 1. The first-order valence-electron chi connectivity index (χ1n) is 6.22. The van der Waals surface area contributed by atoms with Crippen molar-refractivity contribution >= 4 is 11.5 Å². The number of carbonyl (C=O) groups excluding carboxylic acids is 1. The zero-order valence-electron chi connectivity index (χ0n) is 10.8. The SMILES string of the molecule is N#Cc1cccc(NCCC(=O)c2ccc(F)cc2)c1. The fraction of sp³-hybridized carbons (Fsp3) is 0.125. The van der Waals surface area contributed by atoms with Crippen molar-refractivity contribution in [2.45, 2.75) is 6.42 Å². The number of benzene rings is 2. The summed E-state index contributed by atoms with van der Waals surface area (Å²) in [6.07, 6.45) is 0.308. The number of rotatable bonds is 5. The van der Waals surface area contributed by atoms with Crippen LogP contribution in [0.15, 0.2) is 48.5 Å². The maximum absolute atomic E-state index is 12.7. The molecule has 0 saturated carbocycles. The van der Waals surface area contributed by atoms with Crippen LogP contribution in [-0.4, -0.2) is 12.3 Å². The summed E-state index contributed by atoms with van der Waals surface area (Å²) in [6, 6.07) is 14.6. The van der Waals surface area contributed by atoms with E-state index in [-0.39, 0.29) is 11.6 Å². The maximum Gasteiger partial charge on any atom is 0.164 e. The van der Waals surface area contributed by atoms with Gasteiger partial charge in [0.25, 0.3) is 0 Å². The third-order valence-electron chi connectivity index (χ3n) is 2.84. The molecular formula is C16H13FN2O. The number of nitriles is 1. The lowest BCUT2D eigenvalue weighted by molar-refractivity contribution is 0.0986. The first-order chi connectivity index (χ1) is 9.69. The predicted octanol–water partition coefficient (Wildman–Crippen LogP) is 3.38. The van der Waals surface area contributed by atoms with Gasteiger partial charge in [-0.15, -0.1) is 0 Å². The van der Waals surface area contributed by atoms with Crippen LogP contribution >= 0.6 is 0 Å². The van der Waals surface area contributed by atoms with Gasteiger partial charge in [0, 0.05) is 24.2 Å². The number of halogens is 1. The first kappa shape index (κ1) is 13.8. The molecule has 1 N–H and O–H groups in total. The lowest BCUT2D eigenvalue weighted by Crippen LogP contribution is -2.09. The van der Waals surface area contributed by atoms with Crippen LogP contribution in [0.5, 0.6) is 0 Å². The van der Waals surface area contributed by atoms with E-state index in [1.165, 1.54) is 24.3 Å². The molecule has 0 amide bonds. The number of Topliss-reactive ketones (excluding diaryl/α,β-unsaturated/α-hetero) is 1. The Kier molecular flexibility index (Phi) is 4.46. The number of hydrogen-bond acceptors (Lipinski definition) is 3. The molecule has 3 nitrogen and oxygen atoms in total. The Balaban J connectivity index is 1.88. The minimum atomic E-state index is -0.354. The monoisotopic (exact) mass is 268 g/mol. The minimum Gasteiger partial charge on any atom is -0.385 e. The normalized spacial score (nSPS) is 9.80. The average molecular weight is 268 g/mol. The van der Waals surface area contributed by atoms with Crippen molar-refractivity contribution < 1.29 is 9.18 Å². The van der Waals surface area contributed by atoms with Crippen molar-refractivity contribution in [3.63, 3.8) is 0 Å². The summed E-state index contributed by atoms with van der Waals surface area (Å²) in [6.45, 7) is 0.463.